The Labute approximate surface area is 78.6 Å². The molecule has 3 nitrogen and oxygen atoms in total. The van der Waals surface area contributed by atoms with Crippen LogP contribution in [-0.2, 0) is 4.74 Å². The molecule has 3 aliphatic rings. The van der Waals surface area contributed by atoms with Gasteiger partial charge in [-0.3, -0.25) is 0 Å². The van der Waals surface area contributed by atoms with Gasteiger partial charge in [0, 0.05) is 6.04 Å². The van der Waals surface area contributed by atoms with Gasteiger partial charge >= 0.3 is 0 Å². The van der Waals surface area contributed by atoms with E-state index in [1.807, 2.05) is 0 Å². The van der Waals surface area contributed by atoms with Gasteiger partial charge in [-0.15, -0.1) is 0 Å². The maximum atomic E-state index is 5.36. The standard InChI is InChI=1S/C10H16N2O/c1-2-8-5-7(1)6-9(8)12-10-11-3-4-13-10/h7-9H,1-6H2,(H,11,12)/t7-,8+,9+/m0/s1. The Morgan fingerprint density at radius 2 is 2.31 bits per heavy atom. The van der Waals surface area contributed by atoms with Gasteiger partial charge in [0.05, 0.1) is 6.54 Å². The zero-order valence-corrected chi connectivity index (χ0v) is 7.83. The Balaban J connectivity index is 1.61. The molecule has 3 rings (SSSR count). The minimum absolute atomic E-state index is 0.663. The van der Waals surface area contributed by atoms with Crippen LogP contribution in [0.1, 0.15) is 25.7 Å². The third kappa shape index (κ3) is 1.30. The summed E-state index contributed by atoms with van der Waals surface area (Å²) >= 11 is 0. The van der Waals surface area contributed by atoms with Gasteiger partial charge in [0.1, 0.15) is 6.61 Å². The summed E-state index contributed by atoms with van der Waals surface area (Å²) in [4.78, 5) is 4.27. The fraction of sp³-hybridized carbons (Fsp3) is 0.900. The molecule has 0 amide bonds. The summed E-state index contributed by atoms with van der Waals surface area (Å²) in [5.41, 5.74) is 0. The van der Waals surface area contributed by atoms with E-state index >= 15 is 0 Å². The van der Waals surface area contributed by atoms with Gasteiger partial charge in [-0.2, -0.15) is 0 Å². The number of nitrogens with zero attached hydrogens (tertiary/aromatic N) is 1. The zero-order chi connectivity index (χ0) is 8.67. The number of rotatable bonds is 1. The van der Waals surface area contributed by atoms with E-state index in [1.54, 1.807) is 0 Å². The van der Waals surface area contributed by atoms with Gasteiger partial charge in [0.2, 0.25) is 0 Å². The molecule has 0 spiro atoms. The van der Waals surface area contributed by atoms with Gasteiger partial charge in [0.15, 0.2) is 0 Å². The first-order chi connectivity index (χ1) is 6.42. The van der Waals surface area contributed by atoms with Crippen molar-refractivity contribution in [2.75, 3.05) is 13.2 Å². The molecule has 1 heterocycles. The molecule has 0 radical (unpaired) electrons. The van der Waals surface area contributed by atoms with E-state index in [2.05, 4.69) is 10.3 Å². The molecule has 1 aliphatic heterocycles. The number of ether oxygens (including phenoxy) is 1. The fourth-order valence-corrected chi connectivity index (χ4v) is 3.00. The number of amidine groups is 1. The lowest BCUT2D eigenvalue weighted by Crippen LogP contribution is -2.38. The van der Waals surface area contributed by atoms with Crippen molar-refractivity contribution in [3.8, 4) is 0 Å². The van der Waals surface area contributed by atoms with Crippen molar-refractivity contribution in [2.45, 2.75) is 31.7 Å². The second-order valence-electron chi connectivity index (χ2n) is 4.46. The zero-order valence-electron chi connectivity index (χ0n) is 7.83. The van der Waals surface area contributed by atoms with Gasteiger partial charge in [0.25, 0.3) is 6.02 Å². The second kappa shape index (κ2) is 2.89. The third-order valence-electron chi connectivity index (χ3n) is 3.63. The molecule has 1 N–H and O–H groups in total. The van der Waals surface area contributed by atoms with Crippen molar-refractivity contribution in [1.82, 2.24) is 5.32 Å². The first-order valence-electron chi connectivity index (χ1n) is 5.35. The number of hydrogen-bond acceptors (Lipinski definition) is 3. The van der Waals surface area contributed by atoms with Crippen LogP contribution in [0.4, 0.5) is 0 Å². The Kier molecular flexibility index (Phi) is 1.70. The van der Waals surface area contributed by atoms with Gasteiger partial charge < -0.3 is 10.1 Å². The molecule has 3 heteroatoms. The average molecular weight is 180 g/mol. The number of fused-ring (bicyclic) bond motifs is 2. The summed E-state index contributed by atoms with van der Waals surface area (Å²) in [7, 11) is 0. The van der Waals surface area contributed by atoms with Crippen LogP contribution in [0, 0.1) is 11.8 Å². The van der Waals surface area contributed by atoms with E-state index in [4.69, 9.17) is 4.74 Å². The van der Waals surface area contributed by atoms with Crippen LogP contribution in [0.3, 0.4) is 0 Å². The van der Waals surface area contributed by atoms with E-state index in [0.29, 0.717) is 6.04 Å². The highest BCUT2D eigenvalue weighted by atomic mass is 16.5. The predicted octanol–water partition coefficient (Wildman–Crippen LogP) is 1.15. The molecular formula is C10H16N2O. The molecule has 0 saturated heterocycles. The molecule has 13 heavy (non-hydrogen) atoms. The topological polar surface area (TPSA) is 33.6 Å². The van der Waals surface area contributed by atoms with Crippen molar-refractivity contribution >= 4 is 6.02 Å². The Morgan fingerprint density at radius 3 is 2.92 bits per heavy atom. The van der Waals surface area contributed by atoms with Crippen LogP contribution >= 0.6 is 0 Å². The Morgan fingerprint density at radius 1 is 1.31 bits per heavy atom. The normalized spacial score (nSPS) is 41.8. The van der Waals surface area contributed by atoms with Crippen molar-refractivity contribution in [2.24, 2.45) is 16.8 Å². The Hall–Kier alpha value is -0.730. The molecule has 2 fully saturated rings. The van der Waals surface area contributed by atoms with Crippen molar-refractivity contribution in [1.29, 1.82) is 0 Å². The highest BCUT2D eigenvalue weighted by molar-refractivity contribution is 5.75. The van der Waals surface area contributed by atoms with Crippen LogP contribution in [0.25, 0.3) is 0 Å². The minimum atomic E-state index is 0.663. The summed E-state index contributed by atoms with van der Waals surface area (Å²) in [6, 6.07) is 1.47. The van der Waals surface area contributed by atoms with E-state index in [0.717, 1.165) is 31.0 Å². The van der Waals surface area contributed by atoms with Crippen LogP contribution < -0.4 is 5.32 Å². The van der Waals surface area contributed by atoms with Crippen molar-refractivity contribution in [3.05, 3.63) is 0 Å². The Bertz CT molecular complexity index is 239. The van der Waals surface area contributed by atoms with Crippen LogP contribution in [0.15, 0.2) is 4.99 Å². The van der Waals surface area contributed by atoms with Gasteiger partial charge in [-0.05, 0) is 31.1 Å². The fourth-order valence-electron chi connectivity index (χ4n) is 3.00. The second-order valence-corrected chi connectivity index (χ2v) is 4.46. The maximum Gasteiger partial charge on any atom is 0.285 e. The van der Waals surface area contributed by atoms with Crippen LogP contribution in [0.5, 0.6) is 0 Å². The summed E-state index contributed by atoms with van der Waals surface area (Å²) in [5, 5.41) is 3.44. The lowest BCUT2D eigenvalue weighted by molar-refractivity contribution is 0.306. The smallest absolute Gasteiger partial charge is 0.285 e. The molecule has 2 bridgehead atoms. The molecule has 3 atom stereocenters. The molecule has 2 aliphatic carbocycles. The van der Waals surface area contributed by atoms with E-state index < -0.39 is 0 Å². The summed E-state index contributed by atoms with van der Waals surface area (Å²) in [6.45, 7) is 1.60. The van der Waals surface area contributed by atoms with Gasteiger partial charge in [-0.1, -0.05) is 6.42 Å². The highest BCUT2D eigenvalue weighted by Gasteiger charge is 2.40. The molecule has 0 aromatic rings. The van der Waals surface area contributed by atoms with E-state index in [9.17, 15) is 0 Å². The molecule has 72 valence electrons. The molecular weight excluding hydrogens is 164 g/mol. The van der Waals surface area contributed by atoms with E-state index in [1.165, 1.54) is 25.7 Å². The van der Waals surface area contributed by atoms with Crippen LogP contribution in [-0.4, -0.2) is 25.2 Å². The minimum Gasteiger partial charge on any atom is -0.463 e. The van der Waals surface area contributed by atoms with Crippen LogP contribution in [0.2, 0.25) is 0 Å². The SMILES string of the molecule is C1COC(N[C@@H]2C[C@H]3CC[C@@H]2C3)=N1. The summed E-state index contributed by atoms with van der Waals surface area (Å²) in [6.07, 6.45) is 5.64. The largest absolute Gasteiger partial charge is 0.463 e. The van der Waals surface area contributed by atoms with E-state index in [-0.39, 0.29) is 0 Å². The molecule has 0 unspecified atom stereocenters. The summed E-state index contributed by atoms with van der Waals surface area (Å²) in [5.74, 6) is 1.89. The first kappa shape index (κ1) is 7.65. The molecule has 2 saturated carbocycles. The number of nitrogens with one attached hydrogen (secondary N) is 1. The summed E-state index contributed by atoms with van der Waals surface area (Å²) < 4.78 is 5.36. The van der Waals surface area contributed by atoms with Gasteiger partial charge in [-0.25, -0.2) is 4.99 Å². The monoisotopic (exact) mass is 180 g/mol. The average Bonchev–Trinajstić information content (AvgIpc) is 2.77. The molecule has 0 aromatic heterocycles. The first-order valence-corrected chi connectivity index (χ1v) is 5.35. The lowest BCUT2D eigenvalue weighted by atomic mass is 9.96. The number of hydrogen-bond donors (Lipinski definition) is 1. The number of aliphatic imine (C=N–C) groups is 1. The lowest BCUT2D eigenvalue weighted by Gasteiger charge is -2.22. The van der Waals surface area contributed by atoms with Crippen molar-refractivity contribution < 1.29 is 4.74 Å². The van der Waals surface area contributed by atoms with Crippen molar-refractivity contribution in [3.63, 3.8) is 0 Å². The third-order valence-corrected chi connectivity index (χ3v) is 3.63. The highest BCUT2D eigenvalue weighted by Crippen LogP contribution is 2.44. The predicted molar refractivity (Wildman–Crippen MR) is 50.6 cm³/mol. The molecule has 0 aromatic carbocycles. The quantitative estimate of drug-likeness (QED) is 0.656. The maximum absolute atomic E-state index is 5.36.